The minimum Gasteiger partial charge on any atom is -0.325 e. The normalized spacial score (nSPS) is 10.9. The molecule has 1 aromatic heterocycles. The molecule has 2 N–H and O–H groups in total. The van der Waals surface area contributed by atoms with Crippen LogP contribution in [0.4, 0.5) is 8.78 Å². The lowest BCUT2D eigenvalue weighted by Gasteiger charge is -2.08. The van der Waals surface area contributed by atoms with Gasteiger partial charge in [-0.05, 0) is 0 Å². The molecule has 0 atom stereocenters. The number of hydrogen-bond donors (Lipinski definition) is 1. The Morgan fingerprint density at radius 2 is 2.08 bits per heavy atom. The molecule has 1 aromatic rings. The van der Waals surface area contributed by atoms with Gasteiger partial charge in [0, 0.05) is 12.7 Å². The maximum absolute atomic E-state index is 12.4. The van der Waals surface area contributed by atoms with Crippen LogP contribution in [0.15, 0.2) is 6.20 Å². The van der Waals surface area contributed by atoms with Crippen molar-refractivity contribution in [1.29, 1.82) is 0 Å². The van der Waals surface area contributed by atoms with Crippen molar-refractivity contribution in [1.82, 2.24) is 4.98 Å². The zero-order valence-electron chi connectivity index (χ0n) is 6.40. The molecule has 1 rings (SSSR count). The second-order valence-corrected chi connectivity index (χ2v) is 3.07. The summed E-state index contributed by atoms with van der Waals surface area (Å²) < 4.78 is 24.8. The van der Waals surface area contributed by atoms with Crippen molar-refractivity contribution < 1.29 is 8.78 Å². The third kappa shape index (κ3) is 2.07. The quantitative estimate of drug-likeness (QED) is 0.843. The van der Waals surface area contributed by atoms with Crippen molar-refractivity contribution in [3.8, 4) is 0 Å². The molecule has 0 radical (unpaired) electrons. The van der Waals surface area contributed by atoms with Gasteiger partial charge in [-0.3, -0.25) is 4.98 Å². The Bertz CT molecular complexity index is 318. The lowest BCUT2D eigenvalue weighted by molar-refractivity contribution is 0.150. The monoisotopic (exact) mass is 226 g/mol. The summed E-state index contributed by atoms with van der Waals surface area (Å²) in [5.41, 5.74) is 4.91. The van der Waals surface area contributed by atoms with Gasteiger partial charge in [-0.25, -0.2) is 8.78 Å². The number of hydrogen-bond acceptors (Lipinski definition) is 2. The van der Waals surface area contributed by atoms with Crippen molar-refractivity contribution >= 4 is 23.2 Å². The van der Waals surface area contributed by atoms with Gasteiger partial charge in [0.1, 0.15) is 0 Å². The molecule has 1 heterocycles. The van der Waals surface area contributed by atoms with Gasteiger partial charge in [-0.1, -0.05) is 23.2 Å². The average Bonchev–Trinajstić information content (AvgIpc) is 2.08. The summed E-state index contributed by atoms with van der Waals surface area (Å²) in [4.78, 5) is 3.66. The van der Waals surface area contributed by atoms with Gasteiger partial charge in [-0.2, -0.15) is 0 Å². The molecule has 0 saturated heterocycles. The molecule has 0 aliphatic carbocycles. The maximum Gasteiger partial charge on any atom is 0.267 e. The minimum absolute atomic E-state index is 0.00849. The fraction of sp³-hybridized carbons (Fsp3) is 0.286. The highest BCUT2D eigenvalue weighted by Gasteiger charge is 2.19. The predicted molar refractivity (Wildman–Crippen MR) is 47.1 cm³/mol. The van der Waals surface area contributed by atoms with E-state index in [4.69, 9.17) is 28.9 Å². The second-order valence-electron chi connectivity index (χ2n) is 2.29. The summed E-state index contributed by atoms with van der Waals surface area (Å²) in [7, 11) is 0. The van der Waals surface area contributed by atoms with Crippen LogP contribution in [0.25, 0.3) is 0 Å². The predicted octanol–water partition coefficient (Wildman–Crippen LogP) is 2.78. The first kappa shape index (κ1) is 10.6. The molecule has 0 unspecified atom stereocenters. The van der Waals surface area contributed by atoms with Crippen LogP contribution in [0.5, 0.6) is 0 Å². The number of pyridine rings is 1. The number of aromatic nitrogens is 1. The molecule has 72 valence electrons. The first-order valence-electron chi connectivity index (χ1n) is 3.39. The molecule has 0 saturated carbocycles. The van der Waals surface area contributed by atoms with Crippen molar-refractivity contribution in [3.05, 3.63) is 27.5 Å². The van der Waals surface area contributed by atoms with Gasteiger partial charge in [-0.15, -0.1) is 0 Å². The van der Waals surface area contributed by atoms with E-state index in [0.717, 1.165) is 0 Å². The van der Waals surface area contributed by atoms with Gasteiger partial charge in [0.2, 0.25) is 0 Å². The molecule has 0 amide bonds. The Hall–Kier alpha value is -0.450. The minimum atomic E-state index is -2.71. The molecular formula is C7H6Cl2F2N2. The topological polar surface area (TPSA) is 38.9 Å². The Kier molecular flexibility index (Phi) is 3.41. The highest BCUT2D eigenvalue weighted by molar-refractivity contribution is 6.42. The van der Waals surface area contributed by atoms with Crippen LogP contribution in [-0.2, 0) is 6.54 Å². The summed E-state index contributed by atoms with van der Waals surface area (Å²) in [6.45, 7) is -0.0867. The van der Waals surface area contributed by atoms with Crippen LogP contribution in [0, 0.1) is 0 Å². The molecule has 0 aromatic carbocycles. The molecule has 0 aliphatic heterocycles. The number of rotatable bonds is 2. The van der Waals surface area contributed by atoms with Crippen molar-refractivity contribution in [2.75, 3.05) is 0 Å². The van der Waals surface area contributed by atoms with Crippen molar-refractivity contribution in [3.63, 3.8) is 0 Å². The van der Waals surface area contributed by atoms with Gasteiger partial charge in [0.15, 0.2) is 0 Å². The summed E-state index contributed by atoms with van der Waals surface area (Å²) >= 11 is 11.1. The lowest BCUT2D eigenvalue weighted by Crippen LogP contribution is -2.05. The molecule has 0 fully saturated rings. The van der Waals surface area contributed by atoms with Gasteiger partial charge < -0.3 is 5.73 Å². The Morgan fingerprint density at radius 3 is 2.54 bits per heavy atom. The van der Waals surface area contributed by atoms with Crippen LogP contribution < -0.4 is 5.73 Å². The number of alkyl halides is 2. The summed E-state index contributed by atoms with van der Waals surface area (Å²) in [6.07, 6.45) is -1.50. The average molecular weight is 227 g/mol. The highest BCUT2D eigenvalue weighted by Crippen LogP contribution is 2.33. The van der Waals surface area contributed by atoms with E-state index >= 15 is 0 Å². The van der Waals surface area contributed by atoms with E-state index in [0.29, 0.717) is 0 Å². The SMILES string of the molecule is NCc1ncc(Cl)c(Cl)c1C(F)F. The van der Waals surface area contributed by atoms with Gasteiger partial charge in [0.05, 0.1) is 21.3 Å². The fourth-order valence-electron chi connectivity index (χ4n) is 0.901. The smallest absolute Gasteiger partial charge is 0.267 e. The van der Waals surface area contributed by atoms with E-state index in [-0.39, 0.29) is 27.8 Å². The Labute approximate surface area is 83.7 Å². The number of nitrogens with zero attached hydrogens (tertiary/aromatic N) is 1. The van der Waals surface area contributed by atoms with Crippen LogP contribution in [0.3, 0.4) is 0 Å². The second kappa shape index (κ2) is 4.17. The molecule has 0 bridgehead atoms. The first-order chi connectivity index (χ1) is 6.07. The number of nitrogens with two attached hydrogens (primary N) is 1. The van der Waals surface area contributed by atoms with E-state index in [1.807, 2.05) is 0 Å². The standard InChI is InChI=1S/C7H6Cl2F2N2/c8-3-2-13-4(1-12)5(6(3)9)7(10)11/h2,7H,1,12H2. The highest BCUT2D eigenvalue weighted by atomic mass is 35.5. The van der Waals surface area contributed by atoms with Crippen LogP contribution in [0.2, 0.25) is 10.0 Å². The summed E-state index contributed by atoms with van der Waals surface area (Å²) in [6, 6.07) is 0. The van der Waals surface area contributed by atoms with Gasteiger partial charge >= 0.3 is 0 Å². The van der Waals surface area contributed by atoms with Crippen LogP contribution >= 0.6 is 23.2 Å². The fourth-order valence-corrected chi connectivity index (χ4v) is 1.29. The maximum atomic E-state index is 12.4. The van der Waals surface area contributed by atoms with Crippen molar-refractivity contribution in [2.45, 2.75) is 13.0 Å². The molecule has 0 aliphatic rings. The third-order valence-corrected chi connectivity index (χ3v) is 2.29. The molecule has 2 nitrogen and oxygen atoms in total. The molecule has 0 spiro atoms. The van der Waals surface area contributed by atoms with Crippen LogP contribution in [-0.4, -0.2) is 4.98 Å². The zero-order valence-corrected chi connectivity index (χ0v) is 7.91. The van der Waals surface area contributed by atoms with Crippen molar-refractivity contribution in [2.24, 2.45) is 5.73 Å². The number of halogens is 4. The van der Waals surface area contributed by atoms with Crippen LogP contribution in [0.1, 0.15) is 17.7 Å². The van der Waals surface area contributed by atoms with E-state index in [9.17, 15) is 8.78 Å². The van der Waals surface area contributed by atoms with E-state index in [1.165, 1.54) is 6.20 Å². The van der Waals surface area contributed by atoms with E-state index in [2.05, 4.69) is 4.98 Å². The Balaban J connectivity index is 3.32. The van der Waals surface area contributed by atoms with E-state index in [1.54, 1.807) is 0 Å². The lowest BCUT2D eigenvalue weighted by atomic mass is 10.2. The summed E-state index contributed by atoms with van der Waals surface area (Å²) in [5.74, 6) is 0. The molecular weight excluding hydrogens is 221 g/mol. The molecule has 6 heteroatoms. The third-order valence-electron chi connectivity index (χ3n) is 1.50. The zero-order chi connectivity index (χ0) is 10.0. The summed E-state index contributed by atoms with van der Waals surface area (Å²) in [5, 5.41) is -0.165. The van der Waals surface area contributed by atoms with Gasteiger partial charge in [0.25, 0.3) is 6.43 Å². The van der Waals surface area contributed by atoms with E-state index < -0.39 is 6.43 Å². The Morgan fingerprint density at radius 1 is 1.46 bits per heavy atom. The first-order valence-corrected chi connectivity index (χ1v) is 4.14. The molecule has 13 heavy (non-hydrogen) atoms. The largest absolute Gasteiger partial charge is 0.325 e.